The van der Waals surface area contributed by atoms with Gasteiger partial charge in [-0.3, -0.25) is 0 Å². The lowest BCUT2D eigenvalue weighted by Crippen LogP contribution is -2.37. The molecule has 1 saturated heterocycles. The van der Waals surface area contributed by atoms with Crippen LogP contribution in [0.2, 0.25) is 0 Å². The fourth-order valence-electron chi connectivity index (χ4n) is 2.92. The lowest BCUT2D eigenvalue weighted by Gasteiger charge is -2.33. The van der Waals surface area contributed by atoms with Gasteiger partial charge in [-0.1, -0.05) is 26.0 Å². The zero-order chi connectivity index (χ0) is 13.0. The summed E-state index contributed by atoms with van der Waals surface area (Å²) < 4.78 is 0. The van der Waals surface area contributed by atoms with Crippen molar-refractivity contribution in [2.75, 3.05) is 31.6 Å². The minimum absolute atomic E-state index is 0.470. The van der Waals surface area contributed by atoms with Crippen molar-refractivity contribution in [3.63, 3.8) is 0 Å². The van der Waals surface area contributed by atoms with Crippen molar-refractivity contribution < 1.29 is 0 Å². The van der Waals surface area contributed by atoms with Crippen LogP contribution in [0.4, 0.5) is 5.69 Å². The number of hydrogen-bond acceptors (Lipinski definition) is 2. The minimum atomic E-state index is 0.470. The maximum absolute atomic E-state index is 3.51. The smallest absolute Gasteiger partial charge is 0.0363 e. The highest BCUT2D eigenvalue weighted by Gasteiger charge is 2.33. The van der Waals surface area contributed by atoms with Crippen LogP contribution in [0, 0.1) is 5.41 Å². The van der Waals surface area contributed by atoms with Crippen LogP contribution < -0.4 is 10.2 Å². The van der Waals surface area contributed by atoms with E-state index in [1.807, 2.05) is 0 Å². The number of nitrogens with one attached hydrogen (secondary N) is 1. The summed E-state index contributed by atoms with van der Waals surface area (Å²) >= 11 is 0. The molecule has 0 radical (unpaired) electrons. The molecule has 0 amide bonds. The molecule has 1 unspecified atom stereocenters. The van der Waals surface area contributed by atoms with Gasteiger partial charge >= 0.3 is 0 Å². The third kappa shape index (κ3) is 2.86. The first-order valence-corrected chi connectivity index (χ1v) is 7.20. The first kappa shape index (κ1) is 13.4. The lowest BCUT2D eigenvalue weighted by atomic mass is 9.83. The van der Waals surface area contributed by atoms with Gasteiger partial charge in [0.05, 0.1) is 0 Å². The fraction of sp³-hybridized carbons (Fsp3) is 0.625. The van der Waals surface area contributed by atoms with E-state index < -0.39 is 0 Å². The number of nitrogens with zero attached hydrogens (tertiary/aromatic N) is 1. The van der Waals surface area contributed by atoms with Gasteiger partial charge in [-0.15, -0.1) is 0 Å². The summed E-state index contributed by atoms with van der Waals surface area (Å²) in [7, 11) is 2.22. The minimum Gasteiger partial charge on any atom is -0.374 e. The van der Waals surface area contributed by atoms with Gasteiger partial charge in [0.25, 0.3) is 0 Å². The Balaban J connectivity index is 2.03. The number of anilines is 1. The van der Waals surface area contributed by atoms with Crippen LogP contribution in [-0.2, 0) is 6.42 Å². The van der Waals surface area contributed by atoms with Crippen LogP contribution in [0.25, 0.3) is 0 Å². The van der Waals surface area contributed by atoms with E-state index in [4.69, 9.17) is 0 Å². The molecule has 1 N–H and O–H groups in total. The Hall–Kier alpha value is -1.02. The van der Waals surface area contributed by atoms with E-state index in [-0.39, 0.29) is 0 Å². The average Bonchev–Trinajstić information content (AvgIpc) is 2.88. The second kappa shape index (κ2) is 5.75. The van der Waals surface area contributed by atoms with E-state index in [0.29, 0.717) is 5.41 Å². The quantitative estimate of drug-likeness (QED) is 0.859. The molecule has 1 aromatic rings. The van der Waals surface area contributed by atoms with Crippen molar-refractivity contribution in [3.8, 4) is 0 Å². The molecule has 2 heteroatoms. The number of benzene rings is 1. The monoisotopic (exact) mass is 246 g/mol. The van der Waals surface area contributed by atoms with Crippen LogP contribution in [0.1, 0.15) is 32.3 Å². The van der Waals surface area contributed by atoms with Gasteiger partial charge < -0.3 is 10.2 Å². The molecule has 100 valence electrons. The van der Waals surface area contributed by atoms with Gasteiger partial charge in [0.2, 0.25) is 0 Å². The molecule has 1 aliphatic heterocycles. The molecular weight excluding hydrogens is 220 g/mol. The van der Waals surface area contributed by atoms with Crippen molar-refractivity contribution in [1.82, 2.24) is 5.32 Å². The summed E-state index contributed by atoms with van der Waals surface area (Å²) in [5, 5.41) is 3.51. The fourth-order valence-corrected chi connectivity index (χ4v) is 2.92. The van der Waals surface area contributed by atoms with E-state index in [1.54, 1.807) is 0 Å². The zero-order valence-electron chi connectivity index (χ0n) is 12.0. The maximum Gasteiger partial charge on any atom is 0.0363 e. The van der Waals surface area contributed by atoms with Gasteiger partial charge in [-0.2, -0.15) is 0 Å². The Morgan fingerprint density at radius 1 is 1.22 bits per heavy atom. The Bertz CT molecular complexity index is 363. The van der Waals surface area contributed by atoms with Crippen LogP contribution in [0.5, 0.6) is 0 Å². The maximum atomic E-state index is 3.51. The summed E-state index contributed by atoms with van der Waals surface area (Å²) in [4.78, 5) is 2.41. The first-order chi connectivity index (χ1) is 8.69. The van der Waals surface area contributed by atoms with Crippen molar-refractivity contribution >= 4 is 5.69 Å². The molecule has 2 nitrogen and oxygen atoms in total. The predicted octanol–water partition coefficient (Wildman–Crippen LogP) is 3.07. The van der Waals surface area contributed by atoms with Gasteiger partial charge in [-0.25, -0.2) is 0 Å². The first-order valence-electron chi connectivity index (χ1n) is 7.20. The molecule has 0 saturated carbocycles. The third-order valence-corrected chi connectivity index (χ3v) is 4.44. The second-order valence-electron chi connectivity index (χ2n) is 5.66. The predicted molar refractivity (Wildman–Crippen MR) is 79.3 cm³/mol. The number of rotatable bonds is 5. The highest BCUT2D eigenvalue weighted by Crippen LogP contribution is 2.31. The summed E-state index contributed by atoms with van der Waals surface area (Å²) in [6.07, 6.45) is 3.69. The topological polar surface area (TPSA) is 15.3 Å². The van der Waals surface area contributed by atoms with Crippen LogP contribution >= 0.6 is 0 Å². The normalized spacial score (nSPS) is 23.3. The summed E-state index contributed by atoms with van der Waals surface area (Å²) in [5.41, 5.74) is 3.23. The molecule has 0 spiro atoms. The van der Waals surface area contributed by atoms with Gasteiger partial charge in [0.15, 0.2) is 0 Å². The van der Waals surface area contributed by atoms with Crippen molar-refractivity contribution in [1.29, 1.82) is 0 Å². The van der Waals surface area contributed by atoms with Gasteiger partial charge in [0, 0.05) is 31.2 Å². The Labute approximate surface area is 111 Å². The van der Waals surface area contributed by atoms with Crippen LogP contribution in [0.15, 0.2) is 24.3 Å². The third-order valence-electron chi connectivity index (χ3n) is 4.44. The summed E-state index contributed by atoms with van der Waals surface area (Å²) in [5.74, 6) is 0. The number of hydrogen-bond donors (Lipinski definition) is 1. The van der Waals surface area contributed by atoms with Gasteiger partial charge in [0.1, 0.15) is 0 Å². The summed E-state index contributed by atoms with van der Waals surface area (Å²) in [6, 6.07) is 9.00. The molecule has 1 heterocycles. The van der Waals surface area contributed by atoms with E-state index in [2.05, 4.69) is 55.4 Å². The van der Waals surface area contributed by atoms with Crippen molar-refractivity contribution in [2.45, 2.75) is 33.1 Å². The second-order valence-corrected chi connectivity index (χ2v) is 5.66. The molecule has 1 aromatic carbocycles. The zero-order valence-corrected chi connectivity index (χ0v) is 12.0. The molecule has 18 heavy (non-hydrogen) atoms. The highest BCUT2D eigenvalue weighted by molar-refractivity contribution is 5.47. The highest BCUT2D eigenvalue weighted by atomic mass is 15.1. The van der Waals surface area contributed by atoms with Crippen molar-refractivity contribution in [2.24, 2.45) is 5.41 Å². The molecule has 1 aliphatic rings. The molecule has 0 aliphatic carbocycles. The summed E-state index contributed by atoms with van der Waals surface area (Å²) in [6.45, 7) is 8.02. The van der Waals surface area contributed by atoms with E-state index in [0.717, 1.165) is 13.0 Å². The van der Waals surface area contributed by atoms with E-state index in [9.17, 15) is 0 Å². The standard InChI is InChI=1S/C16H26N2/c1-4-14-6-8-15(9-7-14)18(3)13-16(5-2)10-11-17-12-16/h6-9,17H,4-5,10-13H2,1-3H3. The number of aryl methyl sites for hydroxylation is 1. The molecule has 1 atom stereocenters. The SMILES string of the molecule is CCc1ccc(N(C)CC2(CC)CCNC2)cc1. The van der Waals surface area contributed by atoms with E-state index in [1.165, 1.54) is 37.2 Å². The van der Waals surface area contributed by atoms with Crippen LogP contribution in [0.3, 0.4) is 0 Å². The van der Waals surface area contributed by atoms with E-state index >= 15 is 0 Å². The molecule has 0 bridgehead atoms. The Kier molecular flexibility index (Phi) is 4.28. The molecule has 1 fully saturated rings. The van der Waals surface area contributed by atoms with Crippen LogP contribution in [-0.4, -0.2) is 26.7 Å². The van der Waals surface area contributed by atoms with Gasteiger partial charge in [-0.05, 0) is 43.5 Å². The Morgan fingerprint density at radius 2 is 1.94 bits per heavy atom. The lowest BCUT2D eigenvalue weighted by molar-refractivity contribution is 0.317. The van der Waals surface area contributed by atoms with Crippen molar-refractivity contribution in [3.05, 3.63) is 29.8 Å². The average molecular weight is 246 g/mol. The molecule has 2 rings (SSSR count). The Morgan fingerprint density at radius 3 is 2.44 bits per heavy atom. The molecular formula is C16H26N2. The largest absolute Gasteiger partial charge is 0.374 e. The molecule has 0 aromatic heterocycles.